The normalized spacial score (nSPS) is 11.4. The minimum atomic E-state index is -1.29. The lowest BCUT2D eigenvalue weighted by molar-refractivity contribution is -0.385. The predicted molar refractivity (Wildman–Crippen MR) is 50.6 cm³/mol. The Balaban J connectivity index is 3.29. The molecular weight excluding hydrogens is 202 g/mol. The molecule has 0 aromatic carbocycles. The van der Waals surface area contributed by atoms with Crippen LogP contribution < -0.4 is 0 Å². The van der Waals surface area contributed by atoms with Gasteiger partial charge in [-0.15, -0.1) is 0 Å². The molecule has 1 N–H and O–H groups in total. The van der Waals surface area contributed by atoms with Crippen LogP contribution in [0.15, 0.2) is 6.20 Å². The summed E-state index contributed by atoms with van der Waals surface area (Å²) in [6.07, 6.45) is 1.06. The first kappa shape index (κ1) is 11.2. The van der Waals surface area contributed by atoms with Crippen LogP contribution in [0.3, 0.4) is 0 Å². The average molecular weight is 213 g/mol. The van der Waals surface area contributed by atoms with Crippen molar-refractivity contribution in [3.8, 4) is 0 Å². The Labute approximate surface area is 85.5 Å². The first-order valence-corrected chi connectivity index (χ1v) is 4.21. The lowest BCUT2D eigenvalue weighted by Crippen LogP contribution is -2.37. The maximum atomic E-state index is 10.9. The Morgan fingerprint density at radius 1 is 1.67 bits per heavy atom. The highest BCUT2D eigenvalue weighted by molar-refractivity contribution is 5.75. The van der Waals surface area contributed by atoms with E-state index in [1.54, 1.807) is 0 Å². The fourth-order valence-corrected chi connectivity index (χ4v) is 1.23. The zero-order valence-electron chi connectivity index (χ0n) is 8.59. The molecule has 0 saturated carbocycles. The molecule has 0 aliphatic rings. The number of nitrogens with zero attached hydrogens (tertiary/aromatic N) is 3. The van der Waals surface area contributed by atoms with Crippen molar-refractivity contribution in [3.05, 3.63) is 22.0 Å². The van der Waals surface area contributed by atoms with Crippen LogP contribution in [0.4, 0.5) is 5.69 Å². The fourth-order valence-electron chi connectivity index (χ4n) is 1.23. The van der Waals surface area contributed by atoms with Gasteiger partial charge in [0, 0.05) is 0 Å². The van der Waals surface area contributed by atoms with Gasteiger partial charge in [0.1, 0.15) is 11.9 Å². The summed E-state index contributed by atoms with van der Waals surface area (Å²) in [6.45, 7) is 4.33. The van der Waals surface area contributed by atoms with Crippen molar-refractivity contribution in [3.63, 3.8) is 0 Å². The smallest absolute Gasteiger partial charge is 0.331 e. The number of hydrogen-bond acceptors (Lipinski definition) is 4. The van der Waals surface area contributed by atoms with E-state index in [2.05, 4.69) is 5.10 Å². The molecule has 15 heavy (non-hydrogen) atoms. The number of carboxylic acids is 1. The van der Waals surface area contributed by atoms with E-state index < -0.39 is 16.4 Å². The zero-order valence-corrected chi connectivity index (χ0v) is 8.59. The largest absolute Gasteiger partial charge is 0.479 e. The Bertz CT molecular complexity index is 422. The number of rotatable bonds is 3. The summed E-state index contributed by atoms with van der Waals surface area (Å²) in [5, 5.41) is 23.2. The molecule has 0 fully saturated rings. The highest BCUT2D eigenvalue weighted by Crippen LogP contribution is 2.23. The summed E-state index contributed by atoms with van der Waals surface area (Å²) >= 11 is 0. The summed E-state index contributed by atoms with van der Waals surface area (Å²) < 4.78 is 1.13. The number of carbonyl (C=O) groups is 1. The molecule has 0 radical (unpaired) electrons. The molecule has 7 heteroatoms. The molecule has 1 heterocycles. The molecule has 7 nitrogen and oxygen atoms in total. The Hall–Kier alpha value is -1.92. The first-order valence-electron chi connectivity index (χ1n) is 4.21. The van der Waals surface area contributed by atoms with Gasteiger partial charge in [0.05, 0.1) is 4.92 Å². The highest BCUT2D eigenvalue weighted by Gasteiger charge is 2.34. The lowest BCUT2D eigenvalue weighted by Gasteiger charge is -2.20. The summed E-state index contributed by atoms with van der Waals surface area (Å²) in [7, 11) is 0. The van der Waals surface area contributed by atoms with E-state index in [-0.39, 0.29) is 11.4 Å². The van der Waals surface area contributed by atoms with Gasteiger partial charge >= 0.3 is 11.7 Å². The Morgan fingerprint density at radius 3 is 2.53 bits per heavy atom. The van der Waals surface area contributed by atoms with Gasteiger partial charge in [0.25, 0.3) is 0 Å². The second kappa shape index (κ2) is 3.34. The molecule has 0 bridgehead atoms. The van der Waals surface area contributed by atoms with Crippen LogP contribution in [-0.4, -0.2) is 25.8 Å². The van der Waals surface area contributed by atoms with Crippen LogP contribution in [0.2, 0.25) is 0 Å². The van der Waals surface area contributed by atoms with Crippen LogP contribution in [0.5, 0.6) is 0 Å². The van der Waals surface area contributed by atoms with E-state index in [4.69, 9.17) is 5.11 Å². The molecule has 0 atom stereocenters. The highest BCUT2D eigenvalue weighted by atomic mass is 16.6. The number of hydrogen-bond donors (Lipinski definition) is 1. The van der Waals surface area contributed by atoms with Gasteiger partial charge in [-0.25, -0.2) is 9.48 Å². The molecule has 0 amide bonds. The van der Waals surface area contributed by atoms with Crippen molar-refractivity contribution in [2.24, 2.45) is 0 Å². The van der Waals surface area contributed by atoms with Gasteiger partial charge < -0.3 is 5.11 Å². The molecule has 0 saturated heterocycles. The van der Waals surface area contributed by atoms with Crippen molar-refractivity contribution in [2.75, 3.05) is 0 Å². The quantitative estimate of drug-likeness (QED) is 0.594. The van der Waals surface area contributed by atoms with Crippen LogP contribution in [0.25, 0.3) is 0 Å². The second-order valence-electron chi connectivity index (χ2n) is 3.65. The van der Waals surface area contributed by atoms with Crippen molar-refractivity contribution in [1.29, 1.82) is 0 Å². The maximum absolute atomic E-state index is 10.9. The molecule has 82 valence electrons. The third kappa shape index (κ3) is 1.67. The number of aliphatic carboxylic acids is 1. The van der Waals surface area contributed by atoms with Crippen LogP contribution in [0, 0.1) is 17.0 Å². The van der Waals surface area contributed by atoms with Crippen LogP contribution >= 0.6 is 0 Å². The minimum absolute atomic E-state index is 0.177. The molecular formula is C8H11N3O4. The lowest BCUT2D eigenvalue weighted by atomic mass is 10.1. The topological polar surface area (TPSA) is 98.3 Å². The summed E-state index contributed by atoms with van der Waals surface area (Å²) in [5.41, 5.74) is -1.24. The molecule has 1 rings (SSSR count). The monoisotopic (exact) mass is 213 g/mol. The predicted octanol–water partition coefficient (Wildman–Crippen LogP) is 0.919. The fraction of sp³-hybridized carbons (Fsp3) is 0.500. The molecule has 0 aliphatic heterocycles. The summed E-state index contributed by atoms with van der Waals surface area (Å²) in [6, 6.07) is 0. The molecule has 1 aromatic heterocycles. The second-order valence-corrected chi connectivity index (χ2v) is 3.65. The van der Waals surface area contributed by atoms with Crippen molar-refractivity contribution >= 4 is 11.7 Å². The number of nitro groups is 1. The third-order valence-electron chi connectivity index (χ3n) is 2.23. The number of aromatic nitrogens is 2. The van der Waals surface area contributed by atoms with E-state index in [1.807, 2.05) is 0 Å². The summed E-state index contributed by atoms with van der Waals surface area (Å²) in [4.78, 5) is 20.9. The first-order chi connectivity index (χ1) is 6.78. The van der Waals surface area contributed by atoms with E-state index >= 15 is 0 Å². The van der Waals surface area contributed by atoms with Crippen LogP contribution in [-0.2, 0) is 10.3 Å². The Morgan fingerprint density at radius 2 is 2.20 bits per heavy atom. The van der Waals surface area contributed by atoms with Gasteiger partial charge in [-0.3, -0.25) is 10.1 Å². The molecule has 0 aliphatic carbocycles. The van der Waals surface area contributed by atoms with Gasteiger partial charge in [-0.1, -0.05) is 0 Å². The molecule has 1 aromatic rings. The molecule has 0 unspecified atom stereocenters. The van der Waals surface area contributed by atoms with Crippen molar-refractivity contribution in [1.82, 2.24) is 9.78 Å². The number of carboxylic acid groups (broad SMARTS) is 1. The van der Waals surface area contributed by atoms with Gasteiger partial charge in [0.15, 0.2) is 5.54 Å². The van der Waals surface area contributed by atoms with Gasteiger partial charge in [0.2, 0.25) is 0 Å². The van der Waals surface area contributed by atoms with Crippen LogP contribution in [0.1, 0.15) is 19.5 Å². The average Bonchev–Trinajstić information content (AvgIpc) is 2.46. The standard InChI is InChI=1S/C8H11N3O4/c1-5-6(11(14)15)4-9-10(5)8(2,3)7(12)13/h4H,1-3H3,(H,12,13). The maximum Gasteiger partial charge on any atom is 0.331 e. The minimum Gasteiger partial charge on any atom is -0.479 e. The zero-order chi connectivity index (χ0) is 11.8. The van der Waals surface area contributed by atoms with Crippen molar-refractivity contribution < 1.29 is 14.8 Å². The SMILES string of the molecule is Cc1c([N+](=O)[O-])cnn1C(C)(C)C(=O)O. The molecule has 0 spiro atoms. The van der Waals surface area contributed by atoms with E-state index in [0.717, 1.165) is 10.9 Å². The van der Waals surface area contributed by atoms with Gasteiger partial charge in [-0.05, 0) is 20.8 Å². The van der Waals surface area contributed by atoms with E-state index in [9.17, 15) is 14.9 Å². The van der Waals surface area contributed by atoms with Gasteiger partial charge in [-0.2, -0.15) is 5.10 Å². The van der Waals surface area contributed by atoms with E-state index in [1.165, 1.54) is 20.8 Å². The third-order valence-corrected chi connectivity index (χ3v) is 2.23. The summed E-state index contributed by atoms with van der Waals surface area (Å²) in [5.74, 6) is -1.09. The van der Waals surface area contributed by atoms with E-state index in [0.29, 0.717) is 0 Å². The van der Waals surface area contributed by atoms with Crippen molar-refractivity contribution in [2.45, 2.75) is 26.3 Å². The Kier molecular flexibility index (Phi) is 2.48.